The van der Waals surface area contributed by atoms with E-state index in [9.17, 15) is 14.7 Å². The molecule has 0 unspecified atom stereocenters. The lowest BCUT2D eigenvalue weighted by Gasteiger charge is -2.38. The Balaban J connectivity index is 1.92. The van der Waals surface area contributed by atoms with Crippen LogP contribution in [-0.4, -0.2) is 57.4 Å². The summed E-state index contributed by atoms with van der Waals surface area (Å²) in [7, 11) is 4.30. The molecule has 1 fully saturated rings. The number of rotatable bonds is 7. The first-order valence-corrected chi connectivity index (χ1v) is 13.9. The number of epoxide rings is 1. The fourth-order valence-corrected chi connectivity index (χ4v) is 5.67. The van der Waals surface area contributed by atoms with Crippen LogP contribution < -0.4 is 23.7 Å². The van der Waals surface area contributed by atoms with Crippen LogP contribution in [0.25, 0.3) is 11.1 Å². The second kappa shape index (κ2) is 11.4. The molecule has 0 radical (unpaired) electrons. The van der Waals surface area contributed by atoms with Gasteiger partial charge in [-0.25, -0.2) is 9.59 Å². The highest BCUT2D eigenvalue weighted by Crippen LogP contribution is 2.63. The van der Waals surface area contributed by atoms with E-state index in [2.05, 4.69) is 0 Å². The van der Waals surface area contributed by atoms with Gasteiger partial charge in [-0.2, -0.15) is 0 Å². The summed E-state index contributed by atoms with van der Waals surface area (Å²) in [6.45, 7) is 8.76. The Morgan fingerprint density at radius 3 is 2.09 bits per heavy atom. The highest BCUT2D eigenvalue weighted by Gasteiger charge is 2.63. The van der Waals surface area contributed by atoms with Gasteiger partial charge in [0.2, 0.25) is 18.3 Å². The minimum atomic E-state index is -1.14. The monoisotopic (exact) mass is 596 g/mol. The van der Waals surface area contributed by atoms with Crippen LogP contribution in [0.15, 0.2) is 35.4 Å². The molecule has 4 atom stereocenters. The first-order valence-electron chi connectivity index (χ1n) is 13.9. The summed E-state index contributed by atoms with van der Waals surface area (Å²) in [6, 6.07) is 3.36. The molecule has 11 heteroatoms. The van der Waals surface area contributed by atoms with Crippen LogP contribution in [-0.2, 0) is 23.8 Å². The second-order valence-corrected chi connectivity index (χ2v) is 10.6. The van der Waals surface area contributed by atoms with Gasteiger partial charge in [0.15, 0.2) is 29.1 Å². The van der Waals surface area contributed by atoms with Crippen molar-refractivity contribution in [3.05, 3.63) is 46.6 Å². The smallest absolute Gasteiger partial charge is 0.334 e. The Kier molecular flexibility index (Phi) is 7.95. The van der Waals surface area contributed by atoms with E-state index < -0.39 is 35.7 Å². The van der Waals surface area contributed by atoms with Gasteiger partial charge in [-0.1, -0.05) is 19.1 Å². The van der Waals surface area contributed by atoms with Crippen LogP contribution in [0.5, 0.6) is 34.5 Å². The number of benzene rings is 2. The Labute approximate surface area is 249 Å². The molecule has 5 rings (SSSR count). The summed E-state index contributed by atoms with van der Waals surface area (Å²) in [5, 5.41) is 11.9. The van der Waals surface area contributed by atoms with E-state index in [1.165, 1.54) is 21.3 Å². The van der Waals surface area contributed by atoms with E-state index >= 15 is 0 Å². The summed E-state index contributed by atoms with van der Waals surface area (Å²) in [5.41, 5.74) is 1.05. The Bertz CT molecular complexity index is 1530. The van der Waals surface area contributed by atoms with E-state index in [1.807, 2.05) is 6.92 Å². The van der Waals surface area contributed by atoms with Gasteiger partial charge in [0, 0.05) is 39.3 Å². The van der Waals surface area contributed by atoms with E-state index in [1.54, 1.807) is 52.0 Å². The Morgan fingerprint density at radius 1 is 0.907 bits per heavy atom. The summed E-state index contributed by atoms with van der Waals surface area (Å²) in [6.07, 6.45) is 1.26. The molecule has 0 amide bonds. The molecule has 0 saturated carbocycles. The van der Waals surface area contributed by atoms with Crippen molar-refractivity contribution in [2.45, 2.75) is 52.4 Å². The number of carbonyl (C=O) groups excluding carboxylic acids is 2. The molecule has 1 aliphatic carbocycles. The third-order valence-electron chi connectivity index (χ3n) is 8.48. The quantitative estimate of drug-likeness (QED) is 0.253. The molecule has 3 aliphatic rings. The van der Waals surface area contributed by atoms with Gasteiger partial charge in [0.1, 0.15) is 11.7 Å². The number of aromatic hydroxyl groups is 1. The van der Waals surface area contributed by atoms with Gasteiger partial charge < -0.3 is 43.0 Å². The minimum absolute atomic E-state index is 0.0410. The van der Waals surface area contributed by atoms with Gasteiger partial charge in [-0.15, -0.1) is 0 Å². The van der Waals surface area contributed by atoms with Gasteiger partial charge in [-0.3, -0.25) is 0 Å². The van der Waals surface area contributed by atoms with Gasteiger partial charge in [-0.05, 0) is 39.8 Å². The first-order chi connectivity index (χ1) is 20.6. The third-order valence-corrected chi connectivity index (χ3v) is 8.48. The second-order valence-electron chi connectivity index (χ2n) is 10.6. The number of hydrogen-bond acceptors (Lipinski definition) is 11. The molecular formula is C32H36O11. The van der Waals surface area contributed by atoms with Crippen molar-refractivity contribution < 1.29 is 52.6 Å². The fourth-order valence-electron chi connectivity index (χ4n) is 5.67. The molecule has 11 nitrogen and oxygen atoms in total. The molecule has 2 aromatic rings. The molecule has 1 spiro atoms. The standard InChI is InChI=1S/C32H36O11/c1-9-15(3)30(34)42-25-17(5)32(13-41-32)29(43-31(35)16(4)10-2)19-12-20(36-6)26(37-7)24(33)22(19)23-18(25)11-21-27(28(23)38-8)40-14-39-21/h9-12,17,25,29,33H,13-14H2,1-8H3/b15-9-,16-10-/t17-,25-,29+,32+/m0/s1. The van der Waals surface area contributed by atoms with Crippen LogP contribution >= 0.6 is 0 Å². The van der Waals surface area contributed by atoms with Crippen molar-refractivity contribution in [2.75, 3.05) is 34.7 Å². The molecule has 2 aliphatic heterocycles. The average Bonchev–Trinajstić information content (AvgIpc) is 3.69. The van der Waals surface area contributed by atoms with Gasteiger partial charge >= 0.3 is 11.9 Å². The molecule has 2 aromatic carbocycles. The molecule has 0 aromatic heterocycles. The lowest BCUT2D eigenvalue weighted by molar-refractivity contribution is -0.158. The zero-order chi connectivity index (χ0) is 31.2. The van der Waals surface area contributed by atoms with Gasteiger partial charge in [0.05, 0.1) is 27.9 Å². The zero-order valence-electron chi connectivity index (χ0n) is 25.5. The first kappa shape index (κ1) is 30.1. The Morgan fingerprint density at radius 2 is 1.53 bits per heavy atom. The molecule has 230 valence electrons. The van der Waals surface area contributed by atoms with E-state index in [0.29, 0.717) is 39.3 Å². The maximum absolute atomic E-state index is 13.3. The number of phenolic OH excluding ortho intramolecular Hbond substituents is 1. The average molecular weight is 597 g/mol. The van der Waals surface area contributed by atoms with Crippen LogP contribution in [0.2, 0.25) is 0 Å². The molecule has 0 bridgehead atoms. The maximum atomic E-state index is 13.3. The SMILES string of the molecule is C/C=C(/C)C(=O)O[C@@H]1c2cc3c(c(OC)c2-c2c(cc(OC)c(OC)c2O)[C@@H](OC(=O)/C(C)=C\C)[C@@]2(CO2)[C@H]1C)OCO3. The third kappa shape index (κ3) is 4.71. The number of esters is 2. The normalized spacial score (nSPS) is 23.9. The fraction of sp³-hybridized carbons (Fsp3) is 0.438. The van der Waals surface area contributed by atoms with Crippen LogP contribution in [0.4, 0.5) is 0 Å². The Hall–Kier alpha value is -4.38. The van der Waals surface area contributed by atoms with Crippen molar-refractivity contribution >= 4 is 11.9 Å². The summed E-state index contributed by atoms with van der Waals surface area (Å²) >= 11 is 0. The maximum Gasteiger partial charge on any atom is 0.334 e. The lowest BCUT2D eigenvalue weighted by atomic mass is 9.73. The van der Waals surface area contributed by atoms with Crippen molar-refractivity contribution in [2.24, 2.45) is 5.92 Å². The number of carbonyl (C=O) groups is 2. The highest BCUT2D eigenvalue weighted by atomic mass is 16.7. The summed E-state index contributed by atoms with van der Waals surface area (Å²) in [4.78, 5) is 26.6. The van der Waals surface area contributed by atoms with Gasteiger partial charge in [0.25, 0.3) is 0 Å². The van der Waals surface area contributed by atoms with Crippen LogP contribution in [0, 0.1) is 5.92 Å². The van der Waals surface area contributed by atoms with Crippen molar-refractivity contribution in [3.63, 3.8) is 0 Å². The van der Waals surface area contributed by atoms with E-state index in [4.69, 9.17) is 37.9 Å². The highest BCUT2D eigenvalue weighted by molar-refractivity contribution is 5.92. The number of hydrogen-bond donors (Lipinski definition) is 1. The molecule has 1 saturated heterocycles. The lowest BCUT2D eigenvalue weighted by Crippen LogP contribution is -2.39. The summed E-state index contributed by atoms with van der Waals surface area (Å²) in [5.74, 6) is -0.840. The predicted octanol–water partition coefficient (Wildman–Crippen LogP) is 5.33. The number of ether oxygens (including phenoxy) is 8. The van der Waals surface area contributed by atoms with E-state index in [0.717, 1.165) is 0 Å². The van der Waals surface area contributed by atoms with E-state index in [-0.39, 0.29) is 42.0 Å². The molecule has 43 heavy (non-hydrogen) atoms. The minimum Gasteiger partial charge on any atom is -0.504 e. The number of fused-ring (bicyclic) bond motifs is 4. The van der Waals surface area contributed by atoms with Crippen LogP contribution in [0.1, 0.15) is 58.0 Å². The van der Waals surface area contributed by atoms with Crippen molar-refractivity contribution in [1.82, 2.24) is 0 Å². The topological polar surface area (TPSA) is 132 Å². The number of methoxy groups -OCH3 is 3. The predicted molar refractivity (Wildman–Crippen MR) is 154 cm³/mol. The van der Waals surface area contributed by atoms with Crippen molar-refractivity contribution in [1.29, 1.82) is 0 Å². The molecular weight excluding hydrogens is 560 g/mol. The number of allylic oxidation sites excluding steroid dienone is 2. The van der Waals surface area contributed by atoms with Crippen molar-refractivity contribution in [3.8, 4) is 45.6 Å². The summed E-state index contributed by atoms with van der Waals surface area (Å²) < 4.78 is 47.2. The van der Waals surface area contributed by atoms with Crippen LogP contribution in [0.3, 0.4) is 0 Å². The zero-order valence-corrected chi connectivity index (χ0v) is 25.5. The number of phenols is 1. The largest absolute Gasteiger partial charge is 0.504 e. The molecule has 1 N–H and O–H groups in total. The molecule has 2 heterocycles.